The van der Waals surface area contributed by atoms with Gasteiger partial charge in [0, 0.05) is 11.8 Å². The van der Waals surface area contributed by atoms with Gasteiger partial charge in [0.25, 0.3) is 5.91 Å². The highest BCUT2D eigenvalue weighted by molar-refractivity contribution is 6.06. The van der Waals surface area contributed by atoms with E-state index in [1.54, 1.807) is 30.0 Å². The second-order valence-electron chi connectivity index (χ2n) is 6.56. The highest BCUT2D eigenvalue weighted by Gasteiger charge is 2.35. The van der Waals surface area contributed by atoms with Gasteiger partial charge in [-0.05, 0) is 38.1 Å². The average molecular weight is 395 g/mol. The first kappa shape index (κ1) is 18.6. The van der Waals surface area contributed by atoms with Gasteiger partial charge in [0.05, 0.1) is 25.5 Å². The molecule has 3 heterocycles. The molecular weight excluding hydrogens is 374 g/mol. The van der Waals surface area contributed by atoms with Crippen molar-refractivity contribution in [2.45, 2.75) is 19.9 Å². The molecule has 1 aliphatic rings. The lowest BCUT2D eigenvalue weighted by Gasteiger charge is -2.27. The summed E-state index contributed by atoms with van der Waals surface area (Å²) in [5, 5.41) is 10.3. The van der Waals surface area contributed by atoms with Crippen molar-refractivity contribution in [2.75, 3.05) is 24.9 Å². The highest BCUT2D eigenvalue weighted by atomic mass is 16.5. The second-order valence-corrected chi connectivity index (χ2v) is 6.56. The lowest BCUT2D eigenvalue weighted by atomic mass is 10.00. The maximum absolute atomic E-state index is 13.3. The fraction of sp³-hybridized carbons (Fsp3) is 0.250. The minimum absolute atomic E-state index is 0.307. The van der Waals surface area contributed by atoms with Gasteiger partial charge < -0.3 is 24.5 Å². The summed E-state index contributed by atoms with van der Waals surface area (Å²) in [5.41, 5.74) is 1.65. The predicted molar refractivity (Wildman–Crippen MR) is 106 cm³/mol. The van der Waals surface area contributed by atoms with Gasteiger partial charge in [0.2, 0.25) is 5.95 Å². The molecule has 3 aromatic rings. The van der Waals surface area contributed by atoms with Crippen molar-refractivity contribution < 1.29 is 18.7 Å². The van der Waals surface area contributed by atoms with Crippen LogP contribution in [0.25, 0.3) is 0 Å². The summed E-state index contributed by atoms with van der Waals surface area (Å²) >= 11 is 0. The number of amides is 1. The monoisotopic (exact) mass is 395 g/mol. The van der Waals surface area contributed by atoms with E-state index in [-0.39, 0.29) is 5.91 Å². The van der Waals surface area contributed by atoms with Crippen molar-refractivity contribution in [2.24, 2.45) is 0 Å². The molecule has 150 valence electrons. The van der Waals surface area contributed by atoms with E-state index in [0.717, 1.165) is 5.76 Å². The summed E-state index contributed by atoms with van der Waals surface area (Å²) in [4.78, 5) is 17.5. The van der Waals surface area contributed by atoms with Crippen molar-refractivity contribution in [1.82, 2.24) is 14.8 Å². The van der Waals surface area contributed by atoms with Gasteiger partial charge in [-0.15, -0.1) is 0 Å². The van der Waals surface area contributed by atoms with E-state index in [1.165, 1.54) is 13.4 Å². The Morgan fingerprint density at radius 1 is 1.21 bits per heavy atom. The summed E-state index contributed by atoms with van der Waals surface area (Å²) in [6, 6.07) is 8.33. The molecule has 0 fully saturated rings. The number of rotatable bonds is 5. The Kier molecular flexibility index (Phi) is 4.71. The lowest BCUT2D eigenvalue weighted by Crippen LogP contribution is -2.31. The molecule has 29 heavy (non-hydrogen) atoms. The number of methoxy groups -OCH3 is 2. The van der Waals surface area contributed by atoms with Crippen LogP contribution in [0.5, 0.6) is 11.5 Å². The molecule has 1 aromatic carbocycles. The quantitative estimate of drug-likeness (QED) is 0.684. The fourth-order valence-electron chi connectivity index (χ4n) is 3.34. The van der Waals surface area contributed by atoms with Crippen LogP contribution in [-0.4, -0.2) is 34.9 Å². The summed E-state index contributed by atoms with van der Waals surface area (Å²) in [6.45, 7) is 3.67. The van der Waals surface area contributed by atoms with Crippen molar-refractivity contribution in [3.63, 3.8) is 0 Å². The molecule has 2 aromatic heterocycles. The minimum Gasteiger partial charge on any atom is -0.497 e. The zero-order valence-electron chi connectivity index (χ0n) is 16.5. The molecule has 1 aliphatic heterocycles. The predicted octanol–water partition coefficient (Wildman–Crippen LogP) is 3.12. The van der Waals surface area contributed by atoms with E-state index in [1.807, 2.05) is 26.0 Å². The van der Waals surface area contributed by atoms with E-state index in [4.69, 9.17) is 13.9 Å². The average Bonchev–Trinajstić information content (AvgIpc) is 3.35. The number of furan rings is 1. The maximum Gasteiger partial charge on any atom is 0.256 e. The Morgan fingerprint density at radius 2 is 2.03 bits per heavy atom. The van der Waals surface area contributed by atoms with Crippen LogP contribution in [0.4, 0.5) is 11.6 Å². The molecule has 0 unspecified atom stereocenters. The standard InChI is InChI=1S/C20H21N5O4/c1-11-5-8-15(29-11)18-17(12(2)23-20-21-10-22-25(18)20)19(26)24-14-7-6-13(27-3)9-16(14)28-4/h5-10,18H,1-4H3,(H,24,26)(H,21,22,23)/t18-/m0/s1. The van der Waals surface area contributed by atoms with E-state index >= 15 is 0 Å². The zero-order chi connectivity index (χ0) is 20.5. The number of hydrogen-bond donors (Lipinski definition) is 2. The molecule has 9 nitrogen and oxygen atoms in total. The first-order chi connectivity index (χ1) is 14.0. The number of fused-ring (bicyclic) bond motifs is 1. The number of aryl methyl sites for hydroxylation is 1. The Balaban J connectivity index is 1.73. The van der Waals surface area contributed by atoms with Crippen LogP contribution in [0.2, 0.25) is 0 Å². The smallest absolute Gasteiger partial charge is 0.256 e. The van der Waals surface area contributed by atoms with Crippen molar-refractivity contribution in [3.8, 4) is 11.5 Å². The number of ether oxygens (including phenoxy) is 2. The first-order valence-corrected chi connectivity index (χ1v) is 8.98. The molecule has 2 N–H and O–H groups in total. The zero-order valence-corrected chi connectivity index (χ0v) is 16.5. The Hall–Kier alpha value is -3.75. The van der Waals surface area contributed by atoms with E-state index < -0.39 is 6.04 Å². The van der Waals surface area contributed by atoms with Crippen molar-refractivity contribution in [1.29, 1.82) is 0 Å². The number of aromatic nitrogens is 3. The maximum atomic E-state index is 13.3. The topological polar surface area (TPSA) is 103 Å². The normalized spacial score (nSPS) is 15.5. The number of carbonyl (C=O) groups excluding carboxylic acids is 1. The van der Waals surface area contributed by atoms with Gasteiger partial charge in [-0.25, -0.2) is 4.68 Å². The molecule has 0 spiro atoms. The molecule has 0 saturated heterocycles. The summed E-state index contributed by atoms with van der Waals surface area (Å²) in [6.07, 6.45) is 1.44. The van der Waals surface area contributed by atoms with Crippen molar-refractivity contribution >= 4 is 17.5 Å². The van der Waals surface area contributed by atoms with Crippen molar-refractivity contribution in [3.05, 3.63) is 59.4 Å². The SMILES string of the molecule is COc1ccc(NC(=O)C2=C(C)Nc3ncnn3[C@H]2c2ccc(C)o2)c(OC)c1. The number of nitrogens with zero attached hydrogens (tertiary/aromatic N) is 3. The Bertz CT molecular complexity index is 1100. The Labute approximate surface area is 167 Å². The molecule has 0 bridgehead atoms. The van der Waals surface area contributed by atoms with Crippen LogP contribution in [0.3, 0.4) is 0 Å². The molecule has 0 aliphatic carbocycles. The number of anilines is 2. The largest absolute Gasteiger partial charge is 0.497 e. The molecule has 0 radical (unpaired) electrons. The molecule has 1 atom stereocenters. The van der Waals surface area contributed by atoms with Gasteiger partial charge in [0.1, 0.15) is 35.4 Å². The molecular formula is C20H21N5O4. The van der Waals surface area contributed by atoms with E-state index in [0.29, 0.717) is 40.2 Å². The number of hydrogen-bond acceptors (Lipinski definition) is 7. The number of allylic oxidation sites excluding steroid dienone is 1. The van der Waals surface area contributed by atoms with Crippen LogP contribution < -0.4 is 20.1 Å². The molecule has 0 saturated carbocycles. The third kappa shape index (κ3) is 3.31. The molecule has 9 heteroatoms. The van der Waals surface area contributed by atoms with Gasteiger partial charge in [-0.2, -0.15) is 10.1 Å². The van der Waals surface area contributed by atoms with E-state index in [2.05, 4.69) is 20.7 Å². The fourth-order valence-corrected chi connectivity index (χ4v) is 3.34. The first-order valence-electron chi connectivity index (χ1n) is 8.98. The lowest BCUT2D eigenvalue weighted by molar-refractivity contribution is -0.113. The summed E-state index contributed by atoms with van der Waals surface area (Å²) in [5.74, 6) is 2.70. The number of nitrogens with one attached hydrogen (secondary N) is 2. The number of benzene rings is 1. The third-order valence-electron chi connectivity index (χ3n) is 4.73. The van der Waals surface area contributed by atoms with Gasteiger partial charge in [0.15, 0.2) is 0 Å². The third-order valence-corrected chi connectivity index (χ3v) is 4.73. The van der Waals surface area contributed by atoms with Gasteiger partial charge >= 0.3 is 0 Å². The van der Waals surface area contributed by atoms with Crippen LogP contribution in [0.15, 0.2) is 52.3 Å². The van der Waals surface area contributed by atoms with Crippen LogP contribution in [0, 0.1) is 6.92 Å². The summed E-state index contributed by atoms with van der Waals surface area (Å²) in [7, 11) is 3.10. The van der Waals surface area contributed by atoms with Crippen LogP contribution in [0.1, 0.15) is 24.5 Å². The molecule has 1 amide bonds. The Morgan fingerprint density at radius 3 is 2.72 bits per heavy atom. The van der Waals surface area contributed by atoms with Crippen LogP contribution >= 0.6 is 0 Å². The van der Waals surface area contributed by atoms with Gasteiger partial charge in [-0.3, -0.25) is 4.79 Å². The number of carbonyl (C=O) groups is 1. The van der Waals surface area contributed by atoms with Crippen LogP contribution in [-0.2, 0) is 4.79 Å². The van der Waals surface area contributed by atoms with E-state index in [9.17, 15) is 4.79 Å². The molecule has 4 rings (SSSR count). The van der Waals surface area contributed by atoms with Gasteiger partial charge in [-0.1, -0.05) is 0 Å². The second kappa shape index (κ2) is 7.34. The minimum atomic E-state index is -0.549. The summed E-state index contributed by atoms with van der Waals surface area (Å²) < 4.78 is 18.1. The highest BCUT2D eigenvalue weighted by Crippen LogP contribution is 2.37.